The number of hydrogen-bond donors (Lipinski definition) is 2. The van der Waals surface area contributed by atoms with Crippen molar-refractivity contribution in [1.29, 1.82) is 5.41 Å². The van der Waals surface area contributed by atoms with Gasteiger partial charge >= 0.3 is 0 Å². The second kappa shape index (κ2) is 3.18. The fourth-order valence-electron chi connectivity index (χ4n) is 0.891. The summed E-state index contributed by atoms with van der Waals surface area (Å²) in [5.74, 6) is 0.181. The number of hydrogen-bond acceptors (Lipinski definition) is 2. The van der Waals surface area contributed by atoms with E-state index in [1.165, 1.54) is 0 Å². The van der Waals surface area contributed by atoms with Crippen LogP contribution < -0.4 is 5.73 Å². The van der Waals surface area contributed by atoms with E-state index in [2.05, 4.69) is 5.10 Å². The van der Waals surface area contributed by atoms with Gasteiger partial charge in [-0.25, -0.2) is 0 Å². The fraction of sp³-hybridized carbons (Fsp3) is 0.429. The molecule has 0 aliphatic rings. The summed E-state index contributed by atoms with van der Waals surface area (Å²) in [7, 11) is 0. The molecule has 0 unspecified atom stereocenters. The molecule has 0 radical (unpaired) electrons. The number of rotatable bonds is 3. The molecule has 0 atom stereocenters. The van der Waals surface area contributed by atoms with Gasteiger partial charge in [-0.1, -0.05) is 0 Å². The first kappa shape index (κ1) is 7.78. The van der Waals surface area contributed by atoms with Crippen molar-refractivity contribution in [3.8, 4) is 0 Å². The summed E-state index contributed by atoms with van der Waals surface area (Å²) in [5.41, 5.74) is 6.22. The second-order valence-corrected chi connectivity index (χ2v) is 2.41. The molecular formula is C7H12N4. The Kier molecular flexibility index (Phi) is 2.25. The van der Waals surface area contributed by atoms with Gasteiger partial charge in [0.15, 0.2) is 0 Å². The largest absolute Gasteiger partial charge is 0.387 e. The molecule has 1 rings (SSSR count). The molecule has 0 aliphatic carbocycles. The van der Waals surface area contributed by atoms with E-state index in [-0.39, 0.29) is 5.84 Å². The first-order valence-electron chi connectivity index (χ1n) is 3.56. The summed E-state index contributed by atoms with van der Waals surface area (Å²) in [4.78, 5) is 0. The highest BCUT2D eigenvalue weighted by Crippen LogP contribution is 1.97. The molecular weight excluding hydrogens is 140 g/mol. The van der Waals surface area contributed by atoms with Crippen molar-refractivity contribution in [2.75, 3.05) is 0 Å². The molecule has 60 valence electrons. The smallest absolute Gasteiger partial charge is 0.0951 e. The van der Waals surface area contributed by atoms with Gasteiger partial charge in [-0.05, 0) is 12.5 Å². The standard InChI is InChI=1S/C7H12N4/c1-2-11-5-6(4-10-11)3-7(8)9/h4-5H,2-3H2,1H3,(H3,8,9). The van der Waals surface area contributed by atoms with Crippen molar-refractivity contribution in [2.24, 2.45) is 5.73 Å². The van der Waals surface area contributed by atoms with Crippen molar-refractivity contribution < 1.29 is 0 Å². The molecule has 4 nitrogen and oxygen atoms in total. The van der Waals surface area contributed by atoms with Crippen LogP contribution in [-0.4, -0.2) is 15.6 Å². The van der Waals surface area contributed by atoms with E-state index in [4.69, 9.17) is 11.1 Å². The highest BCUT2D eigenvalue weighted by atomic mass is 15.3. The van der Waals surface area contributed by atoms with Crippen LogP contribution in [0.5, 0.6) is 0 Å². The van der Waals surface area contributed by atoms with Crippen molar-refractivity contribution in [3.63, 3.8) is 0 Å². The average Bonchev–Trinajstić information content (AvgIpc) is 2.34. The summed E-state index contributed by atoms with van der Waals surface area (Å²) < 4.78 is 1.82. The Morgan fingerprint density at radius 1 is 1.82 bits per heavy atom. The van der Waals surface area contributed by atoms with Crippen LogP contribution in [0.2, 0.25) is 0 Å². The third kappa shape index (κ3) is 2.07. The molecule has 4 heteroatoms. The molecule has 3 N–H and O–H groups in total. The molecule has 0 aromatic carbocycles. The van der Waals surface area contributed by atoms with E-state index in [0.29, 0.717) is 6.42 Å². The van der Waals surface area contributed by atoms with Gasteiger partial charge < -0.3 is 5.73 Å². The van der Waals surface area contributed by atoms with Crippen LogP contribution in [0, 0.1) is 5.41 Å². The SMILES string of the molecule is CCn1cc(CC(=N)N)cn1. The molecule has 1 aromatic heterocycles. The molecule has 0 aliphatic heterocycles. The van der Waals surface area contributed by atoms with Gasteiger partial charge in [0.25, 0.3) is 0 Å². The minimum atomic E-state index is 0.181. The van der Waals surface area contributed by atoms with Crippen molar-refractivity contribution >= 4 is 5.84 Å². The van der Waals surface area contributed by atoms with E-state index in [9.17, 15) is 0 Å². The molecule has 0 spiro atoms. The predicted octanol–water partition coefficient (Wildman–Crippen LogP) is 0.381. The lowest BCUT2D eigenvalue weighted by atomic mass is 10.2. The maximum absolute atomic E-state index is 7.04. The third-order valence-electron chi connectivity index (χ3n) is 1.41. The fourth-order valence-corrected chi connectivity index (χ4v) is 0.891. The van der Waals surface area contributed by atoms with E-state index in [1.807, 2.05) is 17.8 Å². The lowest BCUT2D eigenvalue weighted by Gasteiger charge is -1.92. The molecule has 0 fully saturated rings. The lowest BCUT2D eigenvalue weighted by Crippen LogP contribution is -2.12. The Balaban J connectivity index is 2.65. The van der Waals surface area contributed by atoms with Gasteiger partial charge in [-0.15, -0.1) is 0 Å². The Morgan fingerprint density at radius 2 is 2.55 bits per heavy atom. The van der Waals surface area contributed by atoms with Crippen LogP contribution in [-0.2, 0) is 13.0 Å². The zero-order valence-corrected chi connectivity index (χ0v) is 6.54. The van der Waals surface area contributed by atoms with E-state index < -0.39 is 0 Å². The second-order valence-electron chi connectivity index (χ2n) is 2.41. The Labute approximate surface area is 65.5 Å². The Bertz CT molecular complexity index is 251. The minimum absolute atomic E-state index is 0.181. The summed E-state index contributed by atoms with van der Waals surface area (Å²) in [6.07, 6.45) is 4.15. The summed E-state index contributed by atoms with van der Waals surface area (Å²) in [6.45, 7) is 2.88. The van der Waals surface area contributed by atoms with Crippen LogP contribution in [0.15, 0.2) is 12.4 Å². The quantitative estimate of drug-likeness (QED) is 0.485. The average molecular weight is 152 g/mol. The molecule has 0 saturated carbocycles. The van der Waals surface area contributed by atoms with Gasteiger partial charge in [0, 0.05) is 19.2 Å². The maximum atomic E-state index is 7.04. The number of nitrogens with two attached hydrogens (primary N) is 1. The van der Waals surface area contributed by atoms with E-state index in [0.717, 1.165) is 12.1 Å². The van der Waals surface area contributed by atoms with Gasteiger partial charge in [0.1, 0.15) is 0 Å². The van der Waals surface area contributed by atoms with Crippen LogP contribution in [0.4, 0.5) is 0 Å². The zero-order valence-electron chi connectivity index (χ0n) is 6.54. The highest BCUT2D eigenvalue weighted by molar-refractivity contribution is 5.79. The number of nitrogens with one attached hydrogen (secondary N) is 1. The first-order valence-corrected chi connectivity index (χ1v) is 3.56. The molecule has 11 heavy (non-hydrogen) atoms. The predicted molar refractivity (Wildman–Crippen MR) is 43.5 cm³/mol. The van der Waals surface area contributed by atoms with Gasteiger partial charge in [-0.3, -0.25) is 10.1 Å². The summed E-state index contributed by atoms with van der Waals surface area (Å²) in [6, 6.07) is 0. The normalized spacial score (nSPS) is 9.91. The van der Waals surface area contributed by atoms with Crippen molar-refractivity contribution in [2.45, 2.75) is 19.9 Å². The van der Waals surface area contributed by atoms with Gasteiger partial charge in [0.05, 0.1) is 12.0 Å². The summed E-state index contributed by atoms with van der Waals surface area (Å²) in [5, 5.41) is 11.1. The molecule has 0 amide bonds. The molecule has 0 bridgehead atoms. The zero-order chi connectivity index (χ0) is 8.27. The van der Waals surface area contributed by atoms with Gasteiger partial charge in [-0.2, -0.15) is 5.10 Å². The van der Waals surface area contributed by atoms with E-state index in [1.54, 1.807) is 6.20 Å². The van der Waals surface area contributed by atoms with Crippen LogP contribution >= 0.6 is 0 Å². The molecule has 1 aromatic rings. The Morgan fingerprint density at radius 3 is 3.00 bits per heavy atom. The first-order chi connectivity index (χ1) is 5.22. The number of amidine groups is 1. The maximum Gasteiger partial charge on any atom is 0.0951 e. The van der Waals surface area contributed by atoms with Crippen LogP contribution in [0.1, 0.15) is 12.5 Å². The Hall–Kier alpha value is -1.32. The lowest BCUT2D eigenvalue weighted by molar-refractivity contribution is 0.659. The van der Waals surface area contributed by atoms with Crippen LogP contribution in [0.25, 0.3) is 0 Å². The topological polar surface area (TPSA) is 67.7 Å². The molecule has 1 heterocycles. The number of aryl methyl sites for hydroxylation is 1. The number of aromatic nitrogens is 2. The van der Waals surface area contributed by atoms with Crippen LogP contribution in [0.3, 0.4) is 0 Å². The monoisotopic (exact) mass is 152 g/mol. The van der Waals surface area contributed by atoms with E-state index >= 15 is 0 Å². The summed E-state index contributed by atoms with van der Waals surface area (Å²) >= 11 is 0. The van der Waals surface area contributed by atoms with Crippen molar-refractivity contribution in [3.05, 3.63) is 18.0 Å². The van der Waals surface area contributed by atoms with Crippen molar-refractivity contribution in [1.82, 2.24) is 9.78 Å². The minimum Gasteiger partial charge on any atom is -0.387 e. The van der Waals surface area contributed by atoms with Gasteiger partial charge in [0.2, 0.25) is 0 Å². The number of nitrogens with zero attached hydrogens (tertiary/aromatic N) is 2. The highest BCUT2D eigenvalue weighted by Gasteiger charge is 1.97. The third-order valence-corrected chi connectivity index (χ3v) is 1.41. The molecule has 0 saturated heterocycles.